The van der Waals surface area contributed by atoms with Crippen LogP contribution in [0.25, 0.3) is 0 Å². The standard InChI is InChI=1S/C15H21N5O/c21-14(9-13-8-11-1-2-12(13)7-11)19-3-5-20(6-4-19)15-16-10-17-18-15/h1-2,10-13H,3-9H2,(H,16,17,18)/t11-,12+,13+/m1/s1. The molecular weight excluding hydrogens is 266 g/mol. The molecule has 0 unspecified atom stereocenters. The van der Waals surface area contributed by atoms with E-state index in [-0.39, 0.29) is 0 Å². The molecule has 1 aromatic rings. The monoisotopic (exact) mass is 287 g/mol. The van der Waals surface area contributed by atoms with Crippen molar-refractivity contribution in [3.05, 3.63) is 18.5 Å². The summed E-state index contributed by atoms with van der Waals surface area (Å²) in [6.07, 6.45) is 9.40. The third-order valence-corrected chi connectivity index (χ3v) is 5.19. The van der Waals surface area contributed by atoms with Crippen molar-refractivity contribution in [3.63, 3.8) is 0 Å². The number of aromatic amines is 1. The molecule has 2 bridgehead atoms. The number of fused-ring (bicyclic) bond motifs is 2. The zero-order valence-corrected chi connectivity index (χ0v) is 12.1. The number of amides is 1. The second-order valence-corrected chi connectivity index (χ2v) is 6.42. The highest BCUT2D eigenvalue weighted by Gasteiger charge is 2.37. The molecule has 0 radical (unpaired) electrons. The van der Waals surface area contributed by atoms with Gasteiger partial charge in [0.15, 0.2) is 0 Å². The van der Waals surface area contributed by atoms with Gasteiger partial charge in [0.25, 0.3) is 0 Å². The Labute approximate surface area is 124 Å². The van der Waals surface area contributed by atoms with Gasteiger partial charge in [-0.1, -0.05) is 12.2 Å². The molecule has 2 fully saturated rings. The number of hydrogen-bond donors (Lipinski definition) is 1. The van der Waals surface area contributed by atoms with Crippen LogP contribution < -0.4 is 4.90 Å². The lowest BCUT2D eigenvalue weighted by atomic mass is 9.90. The topological polar surface area (TPSA) is 65.1 Å². The van der Waals surface area contributed by atoms with E-state index in [9.17, 15) is 4.79 Å². The molecule has 4 rings (SSSR count). The molecule has 6 nitrogen and oxygen atoms in total. The van der Waals surface area contributed by atoms with Gasteiger partial charge in [0.05, 0.1) is 0 Å². The average molecular weight is 287 g/mol. The first kappa shape index (κ1) is 12.9. The number of piperazine rings is 1. The van der Waals surface area contributed by atoms with Crippen molar-refractivity contribution >= 4 is 11.9 Å². The molecule has 3 atom stereocenters. The van der Waals surface area contributed by atoms with Crippen molar-refractivity contribution in [2.75, 3.05) is 31.1 Å². The Morgan fingerprint density at radius 3 is 2.71 bits per heavy atom. The Hall–Kier alpha value is -1.85. The predicted molar refractivity (Wildman–Crippen MR) is 78.6 cm³/mol. The number of aromatic nitrogens is 3. The van der Waals surface area contributed by atoms with Crippen LogP contribution in [0, 0.1) is 17.8 Å². The summed E-state index contributed by atoms with van der Waals surface area (Å²) in [5.74, 6) is 3.13. The summed E-state index contributed by atoms with van der Waals surface area (Å²) >= 11 is 0. The minimum Gasteiger partial charge on any atom is -0.339 e. The molecular formula is C15H21N5O. The number of nitrogens with one attached hydrogen (secondary N) is 1. The number of allylic oxidation sites excluding steroid dienone is 2. The molecule has 1 amide bonds. The molecule has 3 aliphatic rings. The first-order chi connectivity index (χ1) is 10.3. The van der Waals surface area contributed by atoms with Crippen molar-refractivity contribution in [2.45, 2.75) is 19.3 Å². The molecule has 1 saturated heterocycles. The van der Waals surface area contributed by atoms with Gasteiger partial charge >= 0.3 is 0 Å². The average Bonchev–Trinajstić information content (AvgIpc) is 3.25. The summed E-state index contributed by atoms with van der Waals surface area (Å²) in [5, 5.41) is 6.76. The lowest BCUT2D eigenvalue weighted by Crippen LogP contribution is -2.49. The SMILES string of the molecule is O=C(C[C@@H]1C[C@@H]2C=C[C@H]1C2)N1CCN(c2ncn[nH]2)CC1. The minimum atomic E-state index is 0.332. The summed E-state index contributed by atoms with van der Waals surface area (Å²) in [6, 6.07) is 0. The van der Waals surface area contributed by atoms with Crippen LogP contribution in [0.1, 0.15) is 19.3 Å². The summed E-state index contributed by atoms with van der Waals surface area (Å²) in [6.45, 7) is 3.24. The van der Waals surface area contributed by atoms with Crippen LogP contribution in [-0.2, 0) is 4.79 Å². The van der Waals surface area contributed by atoms with E-state index in [2.05, 4.69) is 32.2 Å². The van der Waals surface area contributed by atoms with Gasteiger partial charge in [-0.2, -0.15) is 10.1 Å². The van der Waals surface area contributed by atoms with Crippen LogP contribution >= 0.6 is 0 Å². The number of carbonyl (C=O) groups excluding carboxylic acids is 1. The van der Waals surface area contributed by atoms with Crippen molar-refractivity contribution in [1.29, 1.82) is 0 Å². The van der Waals surface area contributed by atoms with Gasteiger partial charge in [0, 0.05) is 32.6 Å². The molecule has 0 spiro atoms. The second kappa shape index (κ2) is 5.16. The Kier molecular flexibility index (Phi) is 3.16. The first-order valence-corrected chi connectivity index (χ1v) is 7.86. The first-order valence-electron chi connectivity index (χ1n) is 7.86. The molecule has 6 heteroatoms. The summed E-state index contributed by atoms with van der Waals surface area (Å²) in [4.78, 5) is 20.8. The molecule has 0 aromatic carbocycles. The van der Waals surface area contributed by atoms with E-state index in [1.807, 2.05) is 4.90 Å². The van der Waals surface area contributed by atoms with Crippen LogP contribution in [0.15, 0.2) is 18.5 Å². The number of hydrogen-bond acceptors (Lipinski definition) is 4. The number of anilines is 1. The van der Waals surface area contributed by atoms with Crippen LogP contribution in [0.3, 0.4) is 0 Å². The third-order valence-electron chi connectivity index (χ3n) is 5.19. The van der Waals surface area contributed by atoms with Gasteiger partial charge < -0.3 is 9.80 Å². The Morgan fingerprint density at radius 2 is 2.10 bits per heavy atom. The van der Waals surface area contributed by atoms with Crippen molar-refractivity contribution in [3.8, 4) is 0 Å². The van der Waals surface area contributed by atoms with Gasteiger partial charge in [-0.3, -0.25) is 4.79 Å². The molecule has 1 aromatic heterocycles. The van der Waals surface area contributed by atoms with E-state index in [1.54, 1.807) is 0 Å². The number of H-pyrrole nitrogens is 1. The molecule has 1 saturated carbocycles. The minimum absolute atomic E-state index is 0.332. The molecule has 1 aliphatic heterocycles. The molecule has 2 aliphatic carbocycles. The van der Waals surface area contributed by atoms with Crippen molar-refractivity contribution in [1.82, 2.24) is 20.1 Å². The number of rotatable bonds is 3. The molecule has 112 valence electrons. The zero-order valence-electron chi connectivity index (χ0n) is 12.1. The lowest BCUT2D eigenvalue weighted by Gasteiger charge is -2.35. The fraction of sp³-hybridized carbons (Fsp3) is 0.667. The molecule has 2 heterocycles. The van der Waals surface area contributed by atoms with Crippen LogP contribution in [0.5, 0.6) is 0 Å². The maximum Gasteiger partial charge on any atom is 0.222 e. The van der Waals surface area contributed by atoms with Gasteiger partial charge in [0.2, 0.25) is 11.9 Å². The second-order valence-electron chi connectivity index (χ2n) is 6.42. The normalized spacial score (nSPS) is 31.1. The highest BCUT2D eigenvalue weighted by Crippen LogP contribution is 2.45. The van der Waals surface area contributed by atoms with E-state index < -0.39 is 0 Å². The lowest BCUT2D eigenvalue weighted by molar-refractivity contribution is -0.132. The largest absolute Gasteiger partial charge is 0.339 e. The van der Waals surface area contributed by atoms with Crippen LogP contribution in [0.2, 0.25) is 0 Å². The smallest absolute Gasteiger partial charge is 0.222 e. The summed E-state index contributed by atoms with van der Waals surface area (Å²) in [5.41, 5.74) is 0. The summed E-state index contributed by atoms with van der Waals surface area (Å²) in [7, 11) is 0. The maximum absolute atomic E-state index is 12.5. The number of nitrogens with zero attached hydrogens (tertiary/aromatic N) is 4. The van der Waals surface area contributed by atoms with E-state index in [1.165, 1.54) is 19.2 Å². The molecule has 1 N–H and O–H groups in total. The van der Waals surface area contributed by atoms with Crippen LogP contribution in [0.4, 0.5) is 5.95 Å². The number of carbonyl (C=O) groups is 1. The van der Waals surface area contributed by atoms with E-state index >= 15 is 0 Å². The van der Waals surface area contributed by atoms with Crippen molar-refractivity contribution < 1.29 is 4.79 Å². The van der Waals surface area contributed by atoms with E-state index in [4.69, 9.17) is 0 Å². The van der Waals surface area contributed by atoms with Crippen molar-refractivity contribution in [2.24, 2.45) is 17.8 Å². The third kappa shape index (κ3) is 2.43. The van der Waals surface area contributed by atoms with Gasteiger partial charge in [0.1, 0.15) is 6.33 Å². The Balaban J connectivity index is 1.30. The van der Waals surface area contributed by atoms with Gasteiger partial charge in [-0.05, 0) is 30.6 Å². The van der Waals surface area contributed by atoms with Crippen LogP contribution in [-0.4, -0.2) is 52.2 Å². The Morgan fingerprint density at radius 1 is 1.24 bits per heavy atom. The fourth-order valence-electron chi connectivity index (χ4n) is 4.00. The predicted octanol–water partition coefficient (Wildman–Crippen LogP) is 1.06. The highest BCUT2D eigenvalue weighted by molar-refractivity contribution is 5.77. The van der Waals surface area contributed by atoms with Gasteiger partial charge in [-0.15, -0.1) is 0 Å². The zero-order chi connectivity index (χ0) is 14.2. The fourth-order valence-corrected chi connectivity index (χ4v) is 4.00. The quantitative estimate of drug-likeness (QED) is 0.844. The van der Waals surface area contributed by atoms with Gasteiger partial charge in [-0.25, -0.2) is 5.10 Å². The van der Waals surface area contributed by atoms with E-state index in [0.717, 1.165) is 44.5 Å². The molecule has 21 heavy (non-hydrogen) atoms. The summed E-state index contributed by atoms with van der Waals surface area (Å²) < 4.78 is 0. The maximum atomic E-state index is 12.5. The van der Waals surface area contributed by atoms with E-state index in [0.29, 0.717) is 17.7 Å². The Bertz CT molecular complexity index is 532. The highest BCUT2D eigenvalue weighted by atomic mass is 16.2.